The van der Waals surface area contributed by atoms with Crippen molar-refractivity contribution in [1.82, 2.24) is 5.43 Å². The van der Waals surface area contributed by atoms with Crippen molar-refractivity contribution in [1.29, 1.82) is 0 Å². The monoisotopic (exact) mass is 330 g/mol. The first-order chi connectivity index (χ1) is 11.1. The van der Waals surface area contributed by atoms with Crippen LogP contribution in [0.1, 0.15) is 5.56 Å². The number of nitro groups is 1. The van der Waals surface area contributed by atoms with Crippen LogP contribution in [0, 0.1) is 10.1 Å². The minimum absolute atomic E-state index is 0.0616. The van der Waals surface area contributed by atoms with Gasteiger partial charge >= 0.3 is 0 Å². The van der Waals surface area contributed by atoms with E-state index in [0.717, 1.165) is 11.3 Å². The molecule has 23 heavy (non-hydrogen) atoms. The highest BCUT2D eigenvalue weighted by Crippen LogP contribution is 2.22. The fraction of sp³-hybridized carbons (Fsp3) is 0.0667. The second-order valence-electron chi connectivity index (χ2n) is 4.37. The van der Waals surface area contributed by atoms with Crippen LogP contribution in [0.3, 0.4) is 0 Å². The predicted molar refractivity (Wildman–Crippen MR) is 93.0 cm³/mol. The highest BCUT2D eigenvalue weighted by molar-refractivity contribution is 7.80. The molecule has 0 bridgehead atoms. The summed E-state index contributed by atoms with van der Waals surface area (Å²) in [6.45, 7) is 0. The Morgan fingerprint density at radius 1 is 1.30 bits per heavy atom. The maximum absolute atomic E-state index is 10.9. The summed E-state index contributed by atoms with van der Waals surface area (Å²) < 4.78 is 5.11. The topological polar surface area (TPSA) is 88.8 Å². The number of nitro benzene ring substituents is 1. The summed E-state index contributed by atoms with van der Waals surface area (Å²) >= 11 is 5.06. The fourth-order valence-electron chi connectivity index (χ4n) is 1.78. The predicted octanol–water partition coefficient (Wildman–Crippen LogP) is 2.92. The number of anilines is 1. The highest BCUT2D eigenvalue weighted by Gasteiger charge is 2.12. The number of ether oxygens (including phenoxy) is 1. The third-order valence-electron chi connectivity index (χ3n) is 2.82. The minimum Gasteiger partial charge on any atom is -0.497 e. The first-order valence-electron chi connectivity index (χ1n) is 6.57. The molecule has 0 aliphatic heterocycles. The van der Waals surface area contributed by atoms with Gasteiger partial charge in [0.1, 0.15) is 11.4 Å². The Morgan fingerprint density at radius 2 is 2.09 bits per heavy atom. The van der Waals surface area contributed by atoms with Gasteiger partial charge in [-0.15, -0.1) is 0 Å². The lowest BCUT2D eigenvalue weighted by atomic mass is 10.2. The molecule has 8 heteroatoms. The van der Waals surface area contributed by atoms with Crippen LogP contribution in [-0.4, -0.2) is 23.4 Å². The zero-order valence-electron chi connectivity index (χ0n) is 12.2. The number of nitrogens with zero attached hydrogens (tertiary/aromatic N) is 2. The molecule has 2 aromatic rings. The van der Waals surface area contributed by atoms with Crippen LogP contribution in [0.5, 0.6) is 5.75 Å². The van der Waals surface area contributed by atoms with Crippen molar-refractivity contribution in [2.45, 2.75) is 0 Å². The van der Waals surface area contributed by atoms with Crippen molar-refractivity contribution >= 4 is 34.9 Å². The Morgan fingerprint density at radius 3 is 2.83 bits per heavy atom. The molecule has 0 radical (unpaired) electrons. The van der Waals surface area contributed by atoms with Crippen LogP contribution in [0.4, 0.5) is 11.4 Å². The molecule has 2 rings (SSSR count). The average molecular weight is 330 g/mol. The Balaban J connectivity index is 1.97. The number of methoxy groups -OCH3 is 1. The molecule has 118 valence electrons. The third-order valence-corrected chi connectivity index (χ3v) is 3.02. The lowest BCUT2D eigenvalue weighted by Gasteiger charge is -2.07. The summed E-state index contributed by atoms with van der Waals surface area (Å²) in [6, 6.07) is 13.5. The largest absolute Gasteiger partial charge is 0.497 e. The van der Waals surface area contributed by atoms with Gasteiger partial charge in [0.15, 0.2) is 5.11 Å². The molecule has 2 aromatic carbocycles. The molecule has 0 amide bonds. The van der Waals surface area contributed by atoms with Gasteiger partial charge in [-0.05, 0) is 36.0 Å². The van der Waals surface area contributed by atoms with Gasteiger partial charge < -0.3 is 10.1 Å². The number of nitrogens with one attached hydrogen (secondary N) is 2. The zero-order chi connectivity index (χ0) is 16.7. The van der Waals surface area contributed by atoms with Crippen LogP contribution in [0.25, 0.3) is 0 Å². The molecule has 0 aliphatic carbocycles. The van der Waals surface area contributed by atoms with Crippen molar-refractivity contribution in [3.8, 4) is 5.75 Å². The SMILES string of the molecule is COc1cccc(/C=N\NC(=S)Nc2ccccc2[N+](=O)[O-])c1. The smallest absolute Gasteiger partial charge is 0.292 e. The van der Waals surface area contributed by atoms with Crippen LogP contribution in [0.2, 0.25) is 0 Å². The molecule has 0 spiro atoms. The molecular formula is C15H14N4O3S. The molecule has 0 aliphatic rings. The molecular weight excluding hydrogens is 316 g/mol. The van der Waals surface area contributed by atoms with Crippen molar-refractivity contribution in [3.63, 3.8) is 0 Å². The first kappa shape index (κ1) is 16.4. The number of benzene rings is 2. The second-order valence-corrected chi connectivity index (χ2v) is 4.78. The van der Waals surface area contributed by atoms with Gasteiger partial charge in [-0.2, -0.15) is 5.10 Å². The normalized spacial score (nSPS) is 10.3. The molecule has 0 saturated carbocycles. The van der Waals surface area contributed by atoms with Crippen molar-refractivity contribution < 1.29 is 9.66 Å². The van der Waals surface area contributed by atoms with Gasteiger partial charge in [0.25, 0.3) is 5.69 Å². The number of thiocarbonyl (C=S) groups is 1. The number of rotatable bonds is 5. The van der Waals surface area contributed by atoms with Crippen LogP contribution < -0.4 is 15.5 Å². The number of hydrogen-bond donors (Lipinski definition) is 2. The third kappa shape index (κ3) is 4.75. The summed E-state index contributed by atoms with van der Waals surface area (Å²) in [5.74, 6) is 0.717. The number of para-hydroxylation sites is 2. The van der Waals surface area contributed by atoms with Crippen molar-refractivity contribution in [2.24, 2.45) is 5.10 Å². The molecule has 0 heterocycles. The standard InChI is InChI=1S/C15H14N4O3S/c1-22-12-6-4-5-11(9-12)10-16-18-15(23)17-13-7-2-3-8-14(13)19(20)21/h2-10H,1H3,(H2,17,18,23)/b16-10-. The zero-order valence-corrected chi connectivity index (χ0v) is 13.0. The molecule has 0 atom stereocenters. The molecule has 2 N–H and O–H groups in total. The lowest BCUT2D eigenvalue weighted by molar-refractivity contribution is -0.383. The van der Waals surface area contributed by atoms with E-state index in [4.69, 9.17) is 17.0 Å². The van der Waals surface area contributed by atoms with Crippen molar-refractivity contribution in [3.05, 3.63) is 64.2 Å². The van der Waals surface area contributed by atoms with Crippen LogP contribution in [-0.2, 0) is 0 Å². The van der Waals surface area contributed by atoms with Gasteiger partial charge in [0.05, 0.1) is 18.2 Å². The van der Waals surface area contributed by atoms with E-state index in [1.165, 1.54) is 6.07 Å². The molecule has 0 unspecified atom stereocenters. The van der Waals surface area contributed by atoms with E-state index < -0.39 is 4.92 Å². The lowest BCUT2D eigenvalue weighted by Crippen LogP contribution is -2.24. The molecule has 0 saturated heterocycles. The van der Waals surface area contributed by atoms with E-state index in [2.05, 4.69) is 15.8 Å². The van der Waals surface area contributed by atoms with E-state index in [-0.39, 0.29) is 10.8 Å². The first-order valence-corrected chi connectivity index (χ1v) is 6.98. The summed E-state index contributed by atoms with van der Waals surface area (Å²) in [7, 11) is 1.58. The molecule has 0 aromatic heterocycles. The van der Waals surface area contributed by atoms with Gasteiger partial charge in [0, 0.05) is 6.07 Å². The maximum Gasteiger partial charge on any atom is 0.292 e. The Kier molecular flexibility index (Phi) is 5.59. The Hall–Kier alpha value is -3.00. The van der Waals surface area contributed by atoms with Gasteiger partial charge in [0.2, 0.25) is 0 Å². The number of hydrazone groups is 1. The summed E-state index contributed by atoms with van der Waals surface area (Å²) in [5.41, 5.74) is 3.67. The average Bonchev–Trinajstić information content (AvgIpc) is 2.55. The minimum atomic E-state index is -0.482. The Labute approximate surface area is 138 Å². The van der Waals surface area contributed by atoms with E-state index in [1.807, 2.05) is 24.3 Å². The molecule has 0 fully saturated rings. The van der Waals surface area contributed by atoms with E-state index in [1.54, 1.807) is 31.5 Å². The van der Waals surface area contributed by atoms with E-state index >= 15 is 0 Å². The maximum atomic E-state index is 10.9. The van der Waals surface area contributed by atoms with E-state index in [0.29, 0.717) is 5.69 Å². The Bertz CT molecular complexity index is 749. The number of hydrogen-bond acceptors (Lipinski definition) is 5. The van der Waals surface area contributed by atoms with Gasteiger partial charge in [-0.3, -0.25) is 15.5 Å². The van der Waals surface area contributed by atoms with E-state index in [9.17, 15) is 10.1 Å². The highest BCUT2D eigenvalue weighted by atomic mass is 32.1. The summed E-state index contributed by atoms with van der Waals surface area (Å²) in [4.78, 5) is 10.4. The summed E-state index contributed by atoms with van der Waals surface area (Å²) in [5, 5.41) is 17.8. The van der Waals surface area contributed by atoms with Gasteiger partial charge in [-0.25, -0.2) is 0 Å². The van der Waals surface area contributed by atoms with Crippen LogP contribution >= 0.6 is 12.2 Å². The molecule has 7 nitrogen and oxygen atoms in total. The van der Waals surface area contributed by atoms with Crippen LogP contribution in [0.15, 0.2) is 53.6 Å². The second kappa shape index (κ2) is 7.85. The quantitative estimate of drug-likeness (QED) is 0.379. The van der Waals surface area contributed by atoms with Crippen molar-refractivity contribution in [2.75, 3.05) is 12.4 Å². The fourth-order valence-corrected chi connectivity index (χ4v) is 1.94. The summed E-state index contributed by atoms with van der Waals surface area (Å²) in [6.07, 6.45) is 1.57. The van der Waals surface area contributed by atoms with Gasteiger partial charge in [-0.1, -0.05) is 24.3 Å².